The fraction of sp³-hybridized carbons (Fsp3) is 0.235. The molecule has 3 aromatic heterocycles. The van der Waals surface area contributed by atoms with Crippen molar-refractivity contribution in [2.45, 2.75) is 24.4 Å². The van der Waals surface area contributed by atoms with Crippen LogP contribution in [-0.4, -0.2) is 25.6 Å². The first kappa shape index (κ1) is 15.4. The van der Waals surface area contributed by atoms with Crippen LogP contribution in [0.25, 0.3) is 21.3 Å². The van der Waals surface area contributed by atoms with Crippen LogP contribution in [0.2, 0.25) is 0 Å². The van der Waals surface area contributed by atoms with Gasteiger partial charge in [-0.05, 0) is 18.7 Å². The molecule has 122 valence electrons. The quantitative estimate of drug-likeness (QED) is 0.524. The molecule has 0 unspecified atom stereocenters. The predicted octanol–water partition coefficient (Wildman–Crippen LogP) is 3.60. The van der Waals surface area contributed by atoms with Crippen LogP contribution in [0.4, 0.5) is 0 Å². The van der Waals surface area contributed by atoms with Gasteiger partial charge in [0.05, 0.1) is 17.4 Å². The van der Waals surface area contributed by atoms with Crippen molar-refractivity contribution in [1.82, 2.24) is 19.3 Å². The number of aryl methyl sites for hydroxylation is 1. The summed E-state index contributed by atoms with van der Waals surface area (Å²) in [6.45, 7) is 3.22. The number of nitrogens with zero attached hydrogens (tertiary/aromatic N) is 4. The van der Waals surface area contributed by atoms with Crippen LogP contribution in [0.1, 0.15) is 12.5 Å². The van der Waals surface area contributed by atoms with E-state index in [0.717, 1.165) is 25.6 Å². The number of rotatable bonds is 4. The zero-order valence-corrected chi connectivity index (χ0v) is 15.0. The summed E-state index contributed by atoms with van der Waals surface area (Å²) in [7, 11) is 0. The van der Waals surface area contributed by atoms with Crippen molar-refractivity contribution in [2.24, 2.45) is 0 Å². The van der Waals surface area contributed by atoms with Crippen molar-refractivity contribution < 1.29 is 0 Å². The second-order valence-electron chi connectivity index (χ2n) is 5.44. The molecule has 5 nitrogen and oxygen atoms in total. The first-order valence-electron chi connectivity index (χ1n) is 7.69. The van der Waals surface area contributed by atoms with Gasteiger partial charge in [-0.1, -0.05) is 42.1 Å². The van der Waals surface area contributed by atoms with Crippen molar-refractivity contribution in [1.29, 1.82) is 0 Å². The van der Waals surface area contributed by atoms with Gasteiger partial charge in [-0.15, -0.1) is 11.3 Å². The van der Waals surface area contributed by atoms with Crippen molar-refractivity contribution in [3.8, 4) is 0 Å². The maximum atomic E-state index is 13.0. The average Bonchev–Trinajstić information content (AvgIpc) is 3.15. The topological polar surface area (TPSA) is 52.7 Å². The van der Waals surface area contributed by atoms with Crippen LogP contribution in [0, 0.1) is 0 Å². The Morgan fingerprint density at radius 2 is 2.04 bits per heavy atom. The first-order valence-corrected chi connectivity index (χ1v) is 9.73. The molecule has 0 radical (unpaired) electrons. The van der Waals surface area contributed by atoms with E-state index in [2.05, 4.69) is 10.1 Å². The molecule has 0 aliphatic heterocycles. The molecule has 0 fully saturated rings. The lowest BCUT2D eigenvalue weighted by molar-refractivity contribution is 0.641. The summed E-state index contributed by atoms with van der Waals surface area (Å²) >= 11 is 3.25. The third-order valence-electron chi connectivity index (χ3n) is 4.04. The number of benzene rings is 1. The van der Waals surface area contributed by atoms with Crippen molar-refractivity contribution in [3.05, 3.63) is 52.4 Å². The predicted molar refractivity (Wildman–Crippen MR) is 100 cm³/mol. The van der Waals surface area contributed by atoms with Gasteiger partial charge >= 0.3 is 0 Å². The number of hydrogen-bond donors (Lipinski definition) is 0. The van der Waals surface area contributed by atoms with E-state index in [9.17, 15) is 4.79 Å². The minimum atomic E-state index is -0.0610. The lowest BCUT2D eigenvalue weighted by Crippen LogP contribution is -2.24. The van der Waals surface area contributed by atoms with Gasteiger partial charge in [0.1, 0.15) is 5.52 Å². The molecule has 3 heterocycles. The van der Waals surface area contributed by atoms with Gasteiger partial charge in [0.15, 0.2) is 9.99 Å². The molecule has 0 N–H and O–H groups in total. The molecule has 7 heteroatoms. The van der Waals surface area contributed by atoms with Crippen molar-refractivity contribution in [3.63, 3.8) is 0 Å². The third-order valence-corrected chi connectivity index (χ3v) is 6.11. The van der Waals surface area contributed by atoms with Crippen LogP contribution < -0.4 is 5.56 Å². The van der Waals surface area contributed by atoms with Crippen LogP contribution in [0.15, 0.2) is 45.7 Å². The van der Waals surface area contributed by atoms with Crippen LogP contribution in [0.5, 0.6) is 0 Å². The Bertz CT molecular complexity index is 1080. The number of fused-ring (bicyclic) bond motifs is 3. The molecule has 1 aromatic carbocycles. The number of aromatic nitrogens is 4. The molecule has 0 amide bonds. The Morgan fingerprint density at radius 1 is 1.25 bits per heavy atom. The lowest BCUT2D eigenvalue weighted by Gasteiger charge is -2.06. The van der Waals surface area contributed by atoms with Crippen molar-refractivity contribution >= 4 is 44.3 Å². The first-order chi connectivity index (χ1) is 11.7. The zero-order valence-electron chi connectivity index (χ0n) is 13.4. The summed E-state index contributed by atoms with van der Waals surface area (Å²) < 4.78 is 5.60. The summed E-state index contributed by atoms with van der Waals surface area (Å²) in [5.41, 5.74) is 2.59. The smallest absolute Gasteiger partial charge is 0.291 e. The molecule has 0 atom stereocenters. The molecule has 24 heavy (non-hydrogen) atoms. The van der Waals surface area contributed by atoms with Gasteiger partial charge in [0, 0.05) is 11.9 Å². The molecule has 0 spiro atoms. The summed E-state index contributed by atoms with van der Waals surface area (Å²) in [6.07, 6.45) is 3.82. The van der Waals surface area contributed by atoms with Gasteiger partial charge in [-0.2, -0.15) is 5.10 Å². The molecule has 0 aliphatic carbocycles. The largest absolute Gasteiger partial charge is 0.320 e. The van der Waals surface area contributed by atoms with E-state index in [-0.39, 0.29) is 5.56 Å². The van der Waals surface area contributed by atoms with E-state index in [1.54, 1.807) is 29.3 Å². The summed E-state index contributed by atoms with van der Waals surface area (Å²) in [5, 5.41) is 5.30. The van der Waals surface area contributed by atoms with E-state index >= 15 is 0 Å². The Kier molecular flexibility index (Phi) is 3.90. The molecule has 0 saturated carbocycles. The summed E-state index contributed by atoms with van der Waals surface area (Å²) in [6, 6.07) is 9.91. The molecule has 0 bridgehead atoms. The normalized spacial score (nSPS) is 11.6. The van der Waals surface area contributed by atoms with E-state index in [1.807, 2.05) is 48.1 Å². The zero-order chi connectivity index (χ0) is 16.7. The Morgan fingerprint density at radius 3 is 2.75 bits per heavy atom. The standard InChI is InChI=1S/C17H16N4OS2/c1-3-20-13-12(14-15(20)19-17(23-2)24-14)9-18-21(16(13)22)10-11-7-5-4-6-8-11/h4-9H,3,10H2,1-2H3. The molecule has 0 aliphatic rings. The van der Waals surface area contributed by atoms with E-state index in [0.29, 0.717) is 18.6 Å². The summed E-state index contributed by atoms with van der Waals surface area (Å²) in [5.74, 6) is 0. The fourth-order valence-electron chi connectivity index (χ4n) is 2.93. The Labute approximate surface area is 146 Å². The molecular weight excluding hydrogens is 340 g/mol. The average molecular weight is 356 g/mol. The minimum absolute atomic E-state index is 0.0610. The van der Waals surface area contributed by atoms with Gasteiger partial charge in [-0.3, -0.25) is 4.79 Å². The minimum Gasteiger partial charge on any atom is -0.320 e. The van der Waals surface area contributed by atoms with E-state index in [4.69, 9.17) is 0 Å². The highest BCUT2D eigenvalue weighted by Crippen LogP contribution is 2.34. The SMILES string of the molecule is CCn1c2nc(SC)sc2c2cnn(Cc3ccccc3)c(=O)c21. The number of thioether (sulfide) groups is 1. The second kappa shape index (κ2) is 6.07. The number of thiazole rings is 1. The van der Waals surface area contributed by atoms with Gasteiger partial charge in [0.2, 0.25) is 0 Å². The molecular formula is C17H16N4OS2. The molecule has 0 saturated heterocycles. The van der Waals surface area contributed by atoms with Crippen LogP contribution in [-0.2, 0) is 13.1 Å². The van der Waals surface area contributed by atoms with E-state index < -0.39 is 0 Å². The molecule has 4 aromatic rings. The highest BCUT2D eigenvalue weighted by molar-refractivity contribution is 8.00. The lowest BCUT2D eigenvalue weighted by atomic mass is 10.2. The monoisotopic (exact) mass is 356 g/mol. The maximum Gasteiger partial charge on any atom is 0.291 e. The summed E-state index contributed by atoms with van der Waals surface area (Å²) in [4.78, 5) is 17.6. The fourth-order valence-corrected chi connectivity index (χ4v) is 4.50. The highest BCUT2D eigenvalue weighted by atomic mass is 32.2. The third kappa shape index (κ3) is 2.35. The van der Waals surface area contributed by atoms with Crippen LogP contribution in [0.3, 0.4) is 0 Å². The molecule has 4 rings (SSSR count). The maximum absolute atomic E-state index is 13.0. The Balaban J connectivity index is 1.94. The van der Waals surface area contributed by atoms with Crippen molar-refractivity contribution in [2.75, 3.05) is 6.26 Å². The van der Waals surface area contributed by atoms with Gasteiger partial charge in [0.25, 0.3) is 5.56 Å². The van der Waals surface area contributed by atoms with Crippen LogP contribution >= 0.6 is 23.1 Å². The van der Waals surface area contributed by atoms with E-state index in [1.165, 1.54) is 4.68 Å². The highest BCUT2D eigenvalue weighted by Gasteiger charge is 2.19. The van der Waals surface area contributed by atoms with Gasteiger partial charge < -0.3 is 4.57 Å². The number of hydrogen-bond acceptors (Lipinski definition) is 5. The second-order valence-corrected chi connectivity index (χ2v) is 7.49. The Hall–Kier alpha value is -2.12. The van der Waals surface area contributed by atoms with Gasteiger partial charge in [-0.25, -0.2) is 9.67 Å².